The summed E-state index contributed by atoms with van der Waals surface area (Å²) in [7, 11) is 0. The summed E-state index contributed by atoms with van der Waals surface area (Å²) < 4.78 is 0. The minimum absolute atomic E-state index is 0.984. The normalized spacial score (nSPS) is 10.5. The second-order valence-electron chi connectivity index (χ2n) is 2.69. The topological polar surface area (TPSA) is 12.9 Å². The Morgan fingerprint density at radius 2 is 2.25 bits per heavy atom. The van der Waals surface area contributed by atoms with E-state index in [9.17, 15) is 0 Å². The van der Waals surface area contributed by atoms with Gasteiger partial charge >= 0.3 is 0 Å². The van der Waals surface area contributed by atoms with E-state index in [1.165, 1.54) is 0 Å². The van der Waals surface area contributed by atoms with Gasteiger partial charge in [-0.2, -0.15) is 0 Å². The average molecular weight is 159 g/mol. The third-order valence-electron chi connectivity index (χ3n) is 1.63. The van der Waals surface area contributed by atoms with Crippen LogP contribution < -0.4 is 0 Å². The quantitative estimate of drug-likeness (QED) is 0.646. The highest BCUT2D eigenvalue weighted by Crippen LogP contribution is 2.11. The first-order chi connectivity index (χ1) is 5.77. The standard InChI is InChI=1S/C11H13N/c1-4-6-11-10(5-2)7-9(3)8-12-11/h4-8H,2H2,1,3H3/b6-4-. The average Bonchev–Trinajstić information content (AvgIpc) is 2.08. The van der Waals surface area contributed by atoms with Gasteiger partial charge in [0.2, 0.25) is 0 Å². The molecule has 0 aliphatic rings. The Kier molecular flexibility index (Phi) is 2.81. The third kappa shape index (κ3) is 1.82. The molecule has 1 heteroatoms. The minimum Gasteiger partial charge on any atom is -0.256 e. The smallest absolute Gasteiger partial charge is 0.0698 e. The molecule has 62 valence electrons. The summed E-state index contributed by atoms with van der Waals surface area (Å²) in [6.45, 7) is 7.75. The van der Waals surface area contributed by atoms with Gasteiger partial charge in [0.1, 0.15) is 0 Å². The number of pyridine rings is 1. The molecule has 0 saturated carbocycles. The highest BCUT2D eigenvalue weighted by atomic mass is 14.7. The lowest BCUT2D eigenvalue weighted by atomic mass is 10.1. The Morgan fingerprint density at radius 3 is 2.83 bits per heavy atom. The van der Waals surface area contributed by atoms with Gasteiger partial charge in [0, 0.05) is 6.20 Å². The molecular weight excluding hydrogens is 146 g/mol. The van der Waals surface area contributed by atoms with Crippen molar-refractivity contribution in [2.45, 2.75) is 13.8 Å². The fourth-order valence-electron chi connectivity index (χ4n) is 1.06. The third-order valence-corrected chi connectivity index (χ3v) is 1.63. The molecule has 0 radical (unpaired) electrons. The SMILES string of the molecule is C=Cc1cc(C)cnc1/C=C\C. The van der Waals surface area contributed by atoms with Crippen LogP contribution in [0.4, 0.5) is 0 Å². The zero-order valence-electron chi connectivity index (χ0n) is 7.54. The molecule has 0 aliphatic carbocycles. The van der Waals surface area contributed by atoms with E-state index in [1.54, 1.807) is 0 Å². The van der Waals surface area contributed by atoms with Gasteiger partial charge in [-0.1, -0.05) is 18.7 Å². The van der Waals surface area contributed by atoms with Crippen LogP contribution in [-0.4, -0.2) is 4.98 Å². The van der Waals surface area contributed by atoms with Gasteiger partial charge in [-0.25, -0.2) is 0 Å². The monoisotopic (exact) mass is 159 g/mol. The highest BCUT2D eigenvalue weighted by Gasteiger charge is 1.95. The van der Waals surface area contributed by atoms with Crippen LogP contribution in [0, 0.1) is 6.92 Å². The van der Waals surface area contributed by atoms with Crippen molar-refractivity contribution in [1.82, 2.24) is 4.98 Å². The lowest BCUT2D eigenvalue weighted by Crippen LogP contribution is -1.87. The van der Waals surface area contributed by atoms with Gasteiger partial charge in [-0.05, 0) is 37.1 Å². The molecule has 1 aromatic rings. The Labute approximate surface area is 73.5 Å². The predicted molar refractivity (Wildman–Crippen MR) is 53.8 cm³/mol. The molecule has 1 rings (SSSR count). The van der Waals surface area contributed by atoms with Gasteiger partial charge in [-0.15, -0.1) is 0 Å². The zero-order valence-corrected chi connectivity index (χ0v) is 7.54. The number of rotatable bonds is 2. The highest BCUT2D eigenvalue weighted by molar-refractivity contribution is 5.61. The van der Waals surface area contributed by atoms with Crippen molar-refractivity contribution in [3.05, 3.63) is 41.7 Å². The molecule has 0 aromatic carbocycles. The molecule has 0 unspecified atom stereocenters. The summed E-state index contributed by atoms with van der Waals surface area (Å²) in [4.78, 5) is 4.28. The predicted octanol–water partition coefficient (Wildman–Crippen LogP) is 3.07. The fourth-order valence-corrected chi connectivity index (χ4v) is 1.06. The van der Waals surface area contributed by atoms with Crippen molar-refractivity contribution in [2.75, 3.05) is 0 Å². The molecular formula is C11H13N. The molecule has 0 N–H and O–H groups in total. The largest absolute Gasteiger partial charge is 0.256 e. The lowest BCUT2D eigenvalue weighted by molar-refractivity contribution is 1.23. The Balaban J connectivity index is 3.19. The number of hydrogen-bond donors (Lipinski definition) is 0. The van der Waals surface area contributed by atoms with E-state index in [4.69, 9.17) is 0 Å². The molecule has 12 heavy (non-hydrogen) atoms. The minimum atomic E-state index is 0.984. The summed E-state index contributed by atoms with van der Waals surface area (Å²) >= 11 is 0. The van der Waals surface area contributed by atoms with E-state index in [-0.39, 0.29) is 0 Å². The number of hydrogen-bond acceptors (Lipinski definition) is 1. The zero-order chi connectivity index (χ0) is 8.97. The number of nitrogens with zero attached hydrogens (tertiary/aromatic N) is 1. The van der Waals surface area contributed by atoms with Crippen LogP contribution in [0.2, 0.25) is 0 Å². The van der Waals surface area contributed by atoms with Crippen molar-refractivity contribution >= 4 is 12.2 Å². The molecule has 0 bridgehead atoms. The first-order valence-electron chi connectivity index (χ1n) is 3.99. The summed E-state index contributed by atoms with van der Waals surface area (Å²) in [5.41, 5.74) is 3.24. The molecule has 0 spiro atoms. The second kappa shape index (κ2) is 3.86. The van der Waals surface area contributed by atoms with E-state index < -0.39 is 0 Å². The van der Waals surface area contributed by atoms with Crippen LogP contribution >= 0.6 is 0 Å². The van der Waals surface area contributed by atoms with Crippen molar-refractivity contribution in [2.24, 2.45) is 0 Å². The maximum Gasteiger partial charge on any atom is 0.0698 e. The summed E-state index contributed by atoms with van der Waals surface area (Å²) in [5, 5.41) is 0. The molecule has 1 aromatic heterocycles. The van der Waals surface area contributed by atoms with Crippen LogP contribution in [0.5, 0.6) is 0 Å². The maximum atomic E-state index is 4.28. The Hall–Kier alpha value is -1.37. The number of aromatic nitrogens is 1. The fraction of sp³-hybridized carbons (Fsp3) is 0.182. The molecule has 1 heterocycles. The summed E-state index contributed by atoms with van der Waals surface area (Å²) in [6, 6.07) is 2.08. The van der Waals surface area contributed by atoms with Gasteiger partial charge in [-0.3, -0.25) is 4.98 Å². The van der Waals surface area contributed by atoms with Gasteiger partial charge in [0.15, 0.2) is 0 Å². The van der Waals surface area contributed by atoms with Crippen molar-refractivity contribution < 1.29 is 0 Å². The Morgan fingerprint density at radius 1 is 1.50 bits per heavy atom. The molecule has 0 atom stereocenters. The van der Waals surface area contributed by atoms with Gasteiger partial charge in [0.05, 0.1) is 5.69 Å². The molecule has 0 saturated heterocycles. The number of aryl methyl sites for hydroxylation is 1. The molecule has 0 fully saturated rings. The first kappa shape index (κ1) is 8.72. The van der Waals surface area contributed by atoms with Gasteiger partial charge in [0.25, 0.3) is 0 Å². The molecule has 1 nitrogen and oxygen atoms in total. The maximum absolute atomic E-state index is 4.28. The van der Waals surface area contributed by atoms with E-state index in [0.29, 0.717) is 0 Å². The van der Waals surface area contributed by atoms with Crippen molar-refractivity contribution in [3.63, 3.8) is 0 Å². The van der Waals surface area contributed by atoms with Crippen LogP contribution in [0.15, 0.2) is 24.9 Å². The van der Waals surface area contributed by atoms with Crippen LogP contribution in [-0.2, 0) is 0 Å². The lowest BCUT2D eigenvalue weighted by Gasteiger charge is -2.00. The van der Waals surface area contributed by atoms with Crippen LogP contribution in [0.1, 0.15) is 23.7 Å². The second-order valence-corrected chi connectivity index (χ2v) is 2.69. The first-order valence-corrected chi connectivity index (χ1v) is 3.99. The van der Waals surface area contributed by atoms with E-state index in [0.717, 1.165) is 16.8 Å². The van der Waals surface area contributed by atoms with Gasteiger partial charge < -0.3 is 0 Å². The Bertz CT molecular complexity index is 311. The molecule has 0 aliphatic heterocycles. The molecule has 0 amide bonds. The van der Waals surface area contributed by atoms with Crippen molar-refractivity contribution in [3.8, 4) is 0 Å². The van der Waals surface area contributed by atoms with E-state index >= 15 is 0 Å². The number of allylic oxidation sites excluding steroid dienone is 1. The van der Waals surface area contributed by atoms with Crippen LogP contribution in [0.3, 0.4) is 0 Å². The van der Waals surface area contributed by atoms with Crippen LogP contribution in [0.25, 0.3) is 12.2 Å². The van der Waals surface area contributed by atoms with E-state index in [1.807, 2.05) is 38.3 Å². The summed E-state index contributed by atoms with van der Waals surface area (Å²) in [5.74, 6) is 0. The van der Waals surface area contributed by atoms with Crippen molar-refractivity contribution in [1.29, 1.82) is 0 Å². The van der Waals surface area contributed by atoms with E-state index in [2.05, 4.69) is 17.6 Å². The summed E-state index contributed by atoms with van der Waals surface area (Å²) in [6.07, 6.45) is 7.65.